The van der Waals surface area contributed by atoms with E-state index in [4.69, 9.17) is 4.74 Å². The van der Waals surface area contributed by atoms with Gasteiger partial charge in [-0.25, -0.2) is 0 Å². The molecule has 2 heterocycles. The molecule has 1 N–H and O–H groups in total. The summed E-state index contributed by atoms with van der Waals surface area (Å²) < 4.78 is 6.01. The minimum Gasteiger partial charge on any atom is -0.390 e. The highest BCUT2D eigenvalue weighted by molar-refractivity contribution is 7.99. The Bertz CT molecular complexity index is 211. The number of rotatable bonds is 1. The van der Waals surface area contributed by atoms with E-state index in [0.717, 1.165) is 19.4 Å². The fourth-order valence-electron chi connectivity index (χ4n) is 2.72. The molecule has 15 heavy (non-hydrogen) atoms. The lowest BCUT2D eigenvalue weighted by molar-refractivity contribution is -0.137. The van der Waals surface area contributed by atoms with Crippen molar-refractivity contribution in [1.82, 2.24) is 0 Å². The Morgan fingerprint density at radius 2 is 2.00 bits per heavy atom. The van der Waals surface area contributed by atoms with Crippen molar-refractivity contribution in [3.63, 3.8) is 0 Å². The van der Waals surface area contributed by atoms with E-state index in [1.165, 1.54) is 24.3 Å². The highest BCUT2D eigenvalue weighted by atomic mass is 32.2. The quantitative estimate of drug-likeness (QED) is 0.750. The summed E-state index contributed by atoms with van der Waals surface area (Å²) in [5.41, 5.74) is -0.435. The summed E-state index contributed by atoms with van der Waals surface area (Å²) in [4.78, 5) is 0. The van der Waals surface area contributed by atoms with Crippen LogP contribution in [0, 0.1) is 5.92 Å². The summed E-state index contributed by atoms with van der Waals surface area (Å²) in [6, 6.07) is 0. The van der Waals surface area contributed by atoms with Gasteiger partial charge in [-0.1, -0.05) is 0 Å². The Hall–Kier alpha value is 0.270. The van der Waals surface area contributed by atoms with E-state index in [0.29, 0.717) is 5.92 Å². The van der Waals surface area contributed by atoms with Crippen molar-refractivity contribution in [2.24, 2.45) is 5.92 Å². The first-order valence-electron chi connectivity index (χ1n) is 5.96. The molecular weight excluding hydrogens is 208 g/mol. The van der Waals surface area contributed by atoms with Gasteiger partial charge in [-0.05, 0) is 57.0 Å². The number of aliphatic hydroxyl groups is 1. The van der Waals surface area contributed by atoms with Crippen molar-refractivity contribution in [2.75, 3.05) is 18.1 Å². The van der Waals surface area contributed by atoms with Crippen molar-refractivity contribution in [1.29, 1.82) is 0 Å². The standard InChI is InChI=1S/C12H22O2S/c1-11(2,13)10-3-6-14-12(9-10)4-7-15-8-5-12/h10,13H,3-9H2,1-2H3. The second-order valence-corrected chi connectivity index (χ2v) is 6.71. The van der Waals surface area contributed by atoms with Crippen LogP contribution in [0.25, 0.3) is 0 Å². The van der Waals surface area contributed by atoms with Gasteiger partial charge in [0.15, 0.2) is 0 Å². The fraction of sp³-hybridized carbons (Fsp3) is 1.00. The van der Waals surface area contributed by atoms with Gasteiger partial charge in [0, 0.05) is 6.61 Å². The van der Waals surface area contributed by atoms with Gasteiger partial charge in [-0.2, -0.15) is 11.8 Å². The molecule has 2 aliphatic rings. The molecule has 0 bridgehead atoms. The normalized spacial score (nSPS) is 31.8. The molecule has 2 rings (SSSR count). The zero-order valence-electron chi connectivity index (χ0n) is 9.79. The first-order chi connectivity index (χ1) is 7.02. The second-order valence-electron chi connectivity index (χ2n) is 5.49. The third kappa shape index (κ3) is 2.69. The SMILES string of the molecule is CC(C)(O)C1CCOC2(CCSCC2)C1. The molecule has 2 nitrogen and oxygen atoms in total. The smallest absolute Gasteiger partial charge is 0.0702 e. The third-order valence-corrected chi connectivity index (χ3v) is 4.88. The lowest BCUT2D eigenvalue weighted by Gasteiger charge is -2.46. The van der Waals surface area contributed by atoms with Gasteiger partial charge in [-0.15, -0.1) is 0 Å². The number of ether oxygens (including phenoxy) is 1. The summed E-state index contributed by atoms with van der Waals surface area (Å²) in [6.45, 7) is 4.71. The van der Waals surface area contributed by atoms with Gasteiger partial charge in [0.25, 0.3) is 0 Å². The second kappa shape index (κ2) is 4.27. The predicted octanol–water partition coefficient (Wildman–Crippen LogP) is 2.45. The molecule has 0 aromatic rings. The molecule has 0 aromatic carbocycles. The largest absolute Gasteiger partial charge is 0.390 e. The lowest BCUT2D eigenvalue weighted by atomic mass is 9.75. The van der Waals surface area contributed by atoms with Crippen molar-refractivity contribution in [3.05, 3.63) is 0 Å². The molecular formula is C12H22O2S. The molecule has 3 heteroatoms. The molecule has 0 saturated carbocycles. The van der Waals surface area contributed by atoms with Crippen LogP contribution in [0.15, 0.2) is 0 Å². The summed E-state index contributed by atoms with van der Waals surface area (Å²) >= 11 is 2.03. The molecule has 0 radical (unpaired) electrons. The maximum absolute atomic E-state index is 10.1. The van der Waals surface area contributed by atoms with Gasteiger partial charge in [0.1, 0.15) is 0 Å². The van der Waals surface area contributed by atoms with Gasteiger partial charge in [0.2, 0.25) is 0 Å². The minimum absolute atomic E-state index is 0.105. The third-order valence-electron chi connectivity index (χ3n) is 3.90. The monoisotopic (exact) mass is 230 g/mol. The van der Waals surface area contributed by atoms with Gasteiger partial charge in [0.05, 0.1) is 11.2 Å². The van der Waals surface area contributed by atoms with Crippen molar-refractivity contribution < 1.29 is 9.84 Å². The molecule has 1 spiro atoms. The molecule has 2 fully saturated rings. The number of hydrogen-bond acceptors (Lipinski definition) is 3. The number of thioether (sulfide) groups is 1. The highest BCUT2D eigenvalue weighted by Crippen LogP contribution is 2.42. The molecule has 88 valence electrons. The topological polar surface area (TPSA) is 29.5 Å². The van der Waals surface area contributed by atoms with Gasteiger partial charge in [-0.3, -0.25) is 0 Å². The molecule has 0 aliphatic carbocycles. The van der Waals surface area contributed by atoms with E-state index < -0.39 is 5.60 Å². The Kier molecular flexibility index (Phi) is 3.34. The van der Waals surface area contributed by atoms with E-state index in [1.54, 1.807) is 0 Å². The Morgan fingerprint density at radius 1 is 1.33 bits per heavy atom. The van der Waals surface area contributed by atoms with Crippen LogP contribution in [0.5, 0.6) is 0 Å². The van der Waals surface area contributed by atoms with Crippen molar-refractivity contribution in [2.45, 2.75) is 50.7 Å². The lowest BCUT2D eigenvalue weighted by Crippen LogP contribution is -2.47. The van der Waals surface area contributed by atoms with Crippen LogP contribution in [-0.2, 0) is 4.74 Å². The van der Waals surface area contributed by atoms with Crippen LogP contribution in [0.1, 0.15) is 39.5 Å². The fourth-order valence-corrected chi connectivity index (χ4v) is 3.96. The molecule has 0 aromatic heterocycles. The van der Waals surface area contributed by atoms with E-state index in [-0.39, 0.29) is 5.60 Å². The van der Waals surface area contributed by atoms with E-state index in [2.05, 4.69) is 0 Å². The zero-order valence-corrected chi connectivity index (χ0v) is 10.6. The summed E-state index contributed by atoms with van der Waals surface area (Å²) in [5.74, 6) is 2.85. The molecule has 2 saturated heterocycles. The predicted molar refractivity (Wildman–Crippen MR) is 64.3 cm³/mol. The van der Waals surface area contributed by atoms with Crippen LogP contribution in [0.3, 0.4) is 0 Å². The molecule has 1 atom stereocenters. The van der Waals surface area contributed by atoms with Crippen LogP contribution in [-0.4, -0.2) is 34.4 Å². The van der Waals surface area contributed by atoms with Crippen LogP contribution < -0.4 is 0 Å². The highest BCUT2D eigenvalue weighted by Gasteiger charge is 2.42. The maximum atomic E-state index is 10.1. The average Bonchev–Trinajstić information content (AvgIpc) is 2.18. The zero-order chi connectivity index (χ0) is 10.9. The molecule has 0 amide bonds. The minimum atomic E-state index is -0.540. The van der Waals surface area contributed by atoms with E-state index >= 15 is 0 Å². The Balaban J connectivity index is 2.02. The average molecular weight is 230 g/mol. The Labute approximate surface area is 96.8 Å². The van der Waals surface area contributed by atoms with E-state index in [1.807, 2.05) is 25.6 Å². The van der Waals surface area contributed by atoms with Gasteiger partial charge < -0.3 is 9.84 Å². The summed E-state index contributed by atoms with van der Waals surface area (Å²) in [7, 11) is 0. The number of hydrogen-bond donors (Lipinski definition) is 1. The van der Waals surface area contributed by atoms with Crippen LogP contribution in [0.2, 0.25) is 0 Å². The summed E-state index contributed by atoms with van der Waals surface area (Å²) in [5, 5.41) is 10.1. The van der Waals surface area contributed by atoms with Crippen LogP contribution >= 0.6 is 11.8 Å². The molecule has 2 aliphatic heterocycles. The van der Waals surface area contributed by atoms with Crippen LogP contribution in [0.4, 0.5) is 0 Å². The van der Waals surface area contributed by atoms with Gasteiger partial charge >= 0.3 is 0 Å². The Morgan fingerprint density at radius 3 is 2.60 bits per heavy atom. The van der Waals surface area contributed by atoms with E-state index in [9.17, 15) is 5.11 Å². The van der Waals surface area contributed by atoms with Crippen molar-refractivity contribution >= 4 is 11.8 Å². The van der Waals surface area contributed by atoms with Crippen molar-refractivity contribution in [3.8, 4) is 0 Å². The first-order valence-corrected chi connectivity index (χ1v) is 7.11. The molecule has 1 unspecified atom stereocenters. The first kappa shape index (κ1) is 11.7. The maximum Gasteiger partial charge on any atom is 0.0702 e. The summed E-state index contributed by atoms with van der Waals surface area (Å²) in [6.07, 6.45) is 4.41.